The van der Waals surface area contributed by atoms with Gasteiger partial charge < -0.3 is 10.6 Å². The first-order valence-corrected chi connectivity index (χ1v) is 11.8. The smallest absolute Gasteiger partial charge is 0.289 e. The molecule has 0 aliphatic carbocycles. The molecule has 1 unspecified atom stereocenters. The quantitative estimate of drug-likeness (QED) is 0.338. The third-order valence-corrected chi connectivity index (χ3v) is 5.57. The van der Waals surface area contributed by atoms with Gasteiger partial charge in [0, 0.05) is 30.9 Å². The highest BCUT2D eigenvalue weighted by Gasteiger charge is 2.28. The standard InChI is InChI=1S/C28H27N5O3/c1-2-16-30-28(36)25(34)24(19-20-10-5-3-6-11-20)31-27(35)22-14-9-17-29-26(22)33-18-15-23(32-33)21-12-7-4-8-13-21/h3-15,17-18,24H,2,16,19H2,1H3,(H,30,36)(H,31,35). The Labute approximate surface area is 209 Å². The zero-order chi connectivity index (χ0) is 25.3. The van der Waals surface area contributed by atoms with E-state index in [1.165, 1.54) is 4.68 Å². The van der Waals surface area contributed by atoms with Crippen LogP contribution < -0.4 is 10.6 Å². The molecule has 0 aliphatic heterocycles. The van der Waals surface area contributed by atoms with Gasteiger partial charge in [-0.05, 0) is 30.2 Å². The Balaban J connectivity index is 1.60. The number of amides is 2. The number of ketones is 1. The van der Waals surface area contributed by atoms with E-state index in [0.717, 1.165) is 16.8 Å². The summed E-state index contributed by atoms with van der Waals surface area (Å²) >= 11 is 0. The van der Waals surface area contributed by atoms with E-state index in [2.05, 4.69) is 20.7 Å². The van der Waals surface area contributed by atoms with Gasteiger partial charge in [-0.1, -0.05) is 67.6 Å². The van der Waals surface area contributed by atoms with E-state index < -0.39 is 23.6 Å². The number of aromatic nitrogens is 3. The van der Waals surface area contributed by atoms with E-state index in [1.54, 1.807) is 24.5 Å². The Hall–Kier alpha value is -4.59. The molecular weight excluding hydrogens is 454 g/mol. The molecular formula is C28H27N5O3. The molecule has 2 amide bonds. The Bertz CT molecular complexity index is 1340. The van der Waals surface area contributed by atoms with E-state index in [-0.39, 0.29) is 12.0 Å². The SMILES string of the molecule is CCCNC(=O)C(=O)C(Cc1ccccc1)NC(=O)c1cccnc1-n1ccc(-c2ccccc2)n1. The van der Waals surface area contributed by atoms with E-state index >= 15 is 0 Å². The number of Topliss-reactive ketones (excluding diaryl/α,β-unsaturated/α-hetero) is 1. The molecule has 0 bridgehead atoms. The summed E-state index contributed by atoms with van der Waals surface area (Å²) in [6, 6.07) is 23.0. The van der Waals surface area contributed by atoms with Crippen molar-refractivity contribution in [3.05, 3.63) is 102 Å². The van der Waals surface area contributed by atoms with Crippen molar-refractivity contribution in [1.82, 2.24) is 25.4 Å². The van der Waals surface area contributed by atoms with E-state index in [9.17, 15) is 14.4 Å². The maximum Gasteiger partial charge on any atom is 0.289 e. The average molecular weight is 482 g/mol. The van der Waals surface area contributed by atoms with Crippen LogP contribution in [0.1, 0.15) is 29.3 Å². The molecule has 2 aromatic carbocycles. The Morgan fingerprint density at radius 1 is 0.917 bits per heavy atom. The first kappa shape index (κ1) is 24.5. The summed E-state index contributed by atoms with van der Waals surface area (Å²) in [5.74, 6) is -1.62. The van der Waals surface area contributed by atoms with Gasteiger partial charge in [0.05, 0.1) is 11.3 Å². The minimum Gasteiger partial charge on any atom is -0.349 e. The fourth-order valence-corrected chi connectivity index (χ4v) is 3.74. The zero-order valence-corrected chi connectivity index (χ0v) is 19.9. The Kier molecular flexibility index (Phi) is 7.97. The maximum atomic E-state index is 13.4. The predicted molar refractivity (Wildman–Crippen MR) is 137 cm³/mol. The van der Waals surface area contributed by atoms with Crippen LogP contribution in [0, 0.1) is 0 Å². The maximum absolute atomic E-state index is 13.4. The summed E-state index contributed by atoms with van der Waals surface area (Å²) in [7, 11) is 0. The highest BCUT2D eigenvalue weighted by Crippen LogP contribution is 2.19. The van der Waals surface area contributed by atoms with Gasteiger partial charge in [0.1, 0.15) is 6.04 Å². The molecule has 0 aliphatic rings. The normalized spacial score (nSPS) is 11.5. The molecule has 2 aromatic heterocycles. The van der Waals surface area contributed by atoms with Gasteiger partial charge in [-0.3, -0.25) is 14.4 Å². The van der Waals surface area contributed by atoms with Crippen LogP contribution in [0.5, 0.6) is 0 Å². The number of hydrogen-bond donors (Lipinski definition) is 2. The van der Waals surface area contributed by atoms with E-state index in [4.69, 9.17) is 0 Å². The van der Waals surface area contributed by atoms with Crippen molar-refractivity contribution in [2.45, 2.75) is 25.8 Å². The predicted octanol–water partition coefficient (Wildman–Crippen LogP) is 3.37. The second-order valence-corrected chi connectivity index (χ2v) is 8.22. The molecule has 8 nitrogen and oxygen atoms in total. The number of pyridine rings is 1. The van der Waals surface area contributed by atoms with Crippen LogP contribution in [-0.2, 0) is 16.0 Å². The molecule has 2 heterocycles. The molecule has 1 atom stereocenters. The van der Waals surface area contributed by atoms with Crippen molar-refractivity contribution in [3.8, 4) is 17.1 Å². The van der Waals surface area contributed by atoms with Crippen LogP contribution in [0.25, 0.3) is 17.1 Å². The number of rotatable bonds is 10. The van der Waals surface area contributed by atoms with Crippen molar-refractivity contribution in [1.29, 1.82) is 0 Å². The zero-order valence-electron chi connectivity index (χ0n) is 19.9. The van der Waals surface area contributed by atoms with Crippen LogP contribution >= 0.6 is 0 Å². The summed E-state index contributed by atoms with van der Waals surface area (Å²) < 4.78 is 1.53. The average Bonchev–Trinajstić information content (AvgIpc) is 3.42. The van der Waals surface area contributed by atoms with Crippen LogP contribution in [-0.4, -0.2) is 44.9 Å². The highest BCUT2D eigenvalue weighted by atomic mass is 16.2. The minimum absolute atomic E-state index is 0.181. The first-order chi connectivity index (χ1) is 17.6. The van der Waals surface area contributed by atoms with Gasteiger partial charge in [-0.2, -0.15) is 5.10 Å². The van der Waals surface area contributed by atoms with Crippen LogP contribution in [0.15, 0.2) is 91.3 Å². The lowest BCUT2D eigenvalue weighted by Crippen LogP contribution is -2.49. The summed E-state index contributed by atoms with van der Waals surface area (Å²) in [4.78, 5) is 43.2. The largest absolute Gasteiger partial charge is 0.349 e. The molecule has 0 saturated heterocycles. The fourth-order valence-electron chi connectivity index (χ4n) is 3.74. The second-order valence-electron chi connectivity index (χ2n) is 8.22. The number of nitrogens with zero attached hydrogens (tertiary/aromatic N) is 3. The second kappa shape index (κ2) is 11.7. The molecule has 182 valence electrons. The topological polar surface area (TPSA) is 106 Å². The summed E-state index contributed by atoms with van der Waals surface area (Å²) in [5, 5.41) is 9.94. The lowest BCUT2D eigenvalue weighted by atomic mass is 10.0. The molecule has 0 spiro atoms. The number of hydrogen-bond acceptors (Lipinski definition) is 5. The van der Waals surface area contributed by atoms with E-state index in [0.29, 0.717) is 18.8 Å². The molecule has 2 N–H and O–H groups in total. The van der Waals surface area contributed by atoms with Crippen LogP contribution in [0.4, 0.5) is 0 Å². The molecule has 0 fully saturated rings. The molecule has 0 radical (unpaired) electrons. The van der Waals surface area contributed by atoms with Crippen molar-refractivity contribution in [2.75, 3.05) is 6.54 Å². The van der Waals surface area contributed by atoms with Crippen molar-refractivity contribution in [2.24, 2.45) is 0 Å². The summed E-state index contributed by atoms with van der Waals surface area (Å²) in [5.41, 5.74) is 2.73. The number of carbonyl (C=O) groups is 3. The van der Waals surface area contributed by atoms with Gasteiger partial charge in [0.2, 0.25) is 5.78 Å². The lowest BCUT2D eigenvalue weighted by Gasteiger charge is -2.18. The van der Waals surface area contributed by atoms with Gasteiger partial charge in [0.15, 0.2) is 5.82 Å². The van der Waals surface area contributed by atoms with Crippen molar-refractivity contribution < 1.29 is 14.4 Å². The van der Waals surface area contributed by atoms with Crippen LogP contribution in [0.3, 0.4) is 0 Å². The molecule has 4 rings (SSSR count). The number of benzene rings is 2. The van der Waals surface area contributed by atoms with Gasteiger partial charge in [0.25, 0.3) is 11.8 Å². The summed E-state index contributed by atoms with van der Waals surface area (Å²) in [6.45, 7) is 2.28. The third kappa shape index (κ3) is 5.90. The Morgan fingerprint density at radius 2 is 1.64 bits per heavy atom. The summed E-state index contributed by atoms with van der Waals surface area (Å²) in [6.07, 6.45) is 4.18. The van der Waals surface area contributed by atoms with Gasteiger partial charge >= 0.3 is 0 Å². The van der Waals surface area contributed by atoms with Gasteiger partial charge in [-0.25, -0.2) is 9.67 Å². The fraction of sp³-hybridized carbons (Fsp3) is 0.179. The van der Waals surface area contributed by atoms with E-state index in [1.807, 2.05) is 73.7 Å². The number of nitrogens with one attached hydrogen (secondary N) is 2. The highest BCUT2D eigenvalue weighted by molar-refractivity contribution is 6.38. The first-order valence-electron chi connectivity index (χ1n) is 11.8. The van der Waals surface area contributed by atoms with Crippen molar-refractivity contribution in [3.63, 3.8) is 0 Å². The molecule has 0 saturated carbocycles. The third-order valence-electron chi connectivity index (χ3n) is 5.57. The minimum atomic E-state index is -1.04. The molecule has 4 aromatic rings. The molecule has 36 heavy (non-hydrogen) atoms. The number of carbonyl (C=O) groups excluding carboxylic acids is 3. The lowest BCUT2D eigenvalue weighted by molar-refractivity contribution is -0.138. The molecule has 8 heteroatoms. The Morgan fingerprint density at radius 3 is 2.36 bits per heavy atom. The van der Waals surface area contributed by atoms with Crippen LogP contribution in [0.2, 0.25) is 0 Å². The van der Waals surface area contributed by atoms with Gasteiger partial charge in [-0.15, -0.1) is 0 Å². The van der Waals surface area contributed by atoms with Crippen molar-refractivity contribution >= 4 is 17.6 Å². The monoisotopic (exact) mass is 481 g/mol.